The second-order valence-electron chi connectivity index (χ2n) is 5.18. The number of thiophene rings is 1. The fraction of sp³-hybridized carbons (Fsp3) is 0.643. The van der Waals surface area contributed by atoms with Gasteiger partial charge in [-0.05, 0) is 19.3 Å². The summed E-state index contributed by atoms with van der Waals surface area (Å²) in [6.07, 6.45) is 2.26. The van der Waals surface area contributed by atoms with E-state index in [0.717, 1.165) is 30.8 Å². The predicted molar refractivity (Wildman–Crippen MR) is 85.4 cm³/mol. The molecule has 0 aromatic carbocycles. The lowest BCUT2D eigenvalue weighted by Gasteiger charge is -2.31. The van der Waals surface area contributed by atoms with Gasteiger partial charge in [0.05, 0.1) is 13.2 Å². The van der Waals surface area contributed by atoms with Gasteiger partial charge in [0.25, 0.3) is 5.91 Å². The topological polar surface area (TPSA) is 87.8 Å². The number of amides is 1. The molecule has 1 aliphatic heterocycles. The van der Waals surface area contributed by atoms with Crippen LogP contribution in [0.5, 0.6) is 5.75 Å². The smallest absolute Gasteiger partial charge is 0.263 e. The van der Waals surface area contributed by atoms with Gasteiger partial charge in [-0.25, -0.2) is 0 Å². The number of carbonyl (C=O) groups excluding carboxylic acids is 1. The van der Waals surface area contributed by atoms with Crippen molar-refractivity contribution in [2.24, 2.45) is 0 Å². The van der Waals surface area contributed by atoms with Crippen LogP contribution < -0.4 is 20.7 Å². The second kappa shape index (κ2) is 7.00. The minimum absolute atomic E-state index is 0.165. The van der Waals surface area contributed by atoms with Gasteiger partial charge in [0.15, 0.2) is 5.75 Å². The quantitative estimate of drug-likeness (QED) is 0.765. The molecule has 1 fully saturated rings. The lowest BCUT2D eigenvalue weighted by Crippen LogP contribution is -2.37. The maximum absolute atomic E-state index is 12.1. The molecule has 0 radical (unpaired) electrons. The molecule has 1 unspecified atom stereocenters. The summed E-state index contributed by atoms with van der Waals surface area (Å²) < 4.78 is 5.38. The van der Waals surface area contributed by atoms with Crippen LogP contribution in [0.3, 0.4) is 0 Å². The van der Waals surface area contributed by atoms with Crippen molar-refractivity contribution in [3.63, 3.8) is 0 Å². The Hall–Kier alpha value is -1.47. The van der Waals surface area contributed by atoms with Gasteiger partial charge in [0.2, 0.25) is 0 Å². The van der Waals surface area contributed by atoms with E-state index in [0.29, 0.717) is 29.4 Å². The van der Waals surface area contributed by atoms with E-state index in [1.54, 1.807) is 7.11 Å². The summed E-state index contributed by atoms with van der Waals surface area (Å²) in [7, 11) is 1.55. The summed E-state index contributed by atoms with van der Waals surface area (Å²) in [5, 5.41) is 13.5. The lowest BCUT2D eigenvalue weighted by molar-refractivity contribution is 0.0958. The van der Waals surface area contributed by atoms with E-state index in [-0.39, 0.29) is 12.0 Å². The Labute approximate surface area is 128 Å². The third kappa shape index (κ3) is 3.41. The van der Waals surface area contributed by atoms with E-state index >= 15 is 0 Å². The summed E-state index contributed by atoms with van der Waals surface area (Å²) in [6.45, 7) is 4.01. The van der Waals surface area contributed by atoms with E-state index in [2.05, 4.69) is 5.32 Å². The fourth-order valence-corrected chi connectivity index (χ4v) is 3.59. The molecule has 0 saturated carbocycles. The number of piperidine rings is 1. The van der Waals surface area contributed by atoms with Crippen LogP contribution in [0.15, 0.2) is 0 Å². The number of nitrogens with one attached hydrogen (secondary N) is 1. The highest BCUT2D eigenvalue weighted by atomic mass is 32.1. The first-order valence-electron chi connectivity index (χ1n) is 7.25. The van der Waals surface area contributed by atoms with Gasteiger partial charge in [-0.3, -0.25) is 4.79 Å². The summed E-state index contributed by atoms with van der Waals surface area (Å²) in [5.41, 5.74) is 6.44. The maximum atomic E-state index is 12.1. The molecule has 4 N–H and O–H groups in total. The Balaban J connectivity index is 2.27. The highest BCUT2D eigenvalue weighted by molar-refractivity contribution is 7.19. The van der Waals surface area contributed by atoms with Crippen molar-refractivity contribution < 1.29 is 14.6 Å². The number of ether oxygens (including phenoxy) is 1. The van der Waals surface area contributed by atoms with Crippen molar-refractivity contribution in [2.45, 2.75) is 32.3 Å². The molecule has 2 heterocycles. The highest BCUT2D eigenvalue weighted by Gasteiger charge is 2.27. The Kier molecular flexibility index (Phi) is 5.30. The average molecular weight is 313 g/mol. The first-order valence-corrected chi connectivity index (χ1v) is 8.07. The molecule has 1 aromatic rings. The summed E-state index contributed by atoms with van der Waals surface area (Å²) >= 11 is 1.33. The molecule has 1 atom stereocenters. The van der Waals surface area contributed by atoms with Crippen molar-refractivity contribution in [2.75, 3.05) is 37.4 Å². The van der Waals surface area contributed by atoms with Crippen LogP contribution in [-0.2, 0) is 0 Å². The molecule has 2 rings (SSSR count). The van der Waals surface area contributed by atoms with Gasteiger partial charge in [-0.1, -0.05) is 6.92 Å². The third-order valence-corrected chi connectivity index (χ3v) is 4.76. The van der Waals surface area contributed by atoms with Crippen molar-refractivity contribution in [3.05, 3.63) is 4.88 Å². The summed E-state index contributed by atoms with van der Waals surface area (Å²) in [5.74, 6) is 0.372. The Morgan fingerprint density at radius 3 is 3.00 bits per heavy atom. The Morgan fingerprint density at radius 1 is 1.62 bits per heavy atom. The molecule has 7 heteroatoms. The Bertz CT molecular complexity index is 504. The molecule has 0 spiro atoms. The number of nitrogen functional groups attached to an aromatic ring is 1. The van der Waals surface area contributed by atoms with Crippen LogP contribution in [-0.4, -0.2) is 43.9 Å². The van der Waals surface area contributed by atoms with Gasteiger partial charge in [0, 0.05) is 19.6 Å². The van der Waals surface area contributed by atoms with Crippen molar-refractivity contribution in [1.29, 1.82) is 0 Å². The second-order valence-corrected chi connectivity index (χ2v) is 6.18. The zero-order valence-electron chi connectivity index (χ0n) is 12.5. The zero-order chi connectivity index (χ0) is 15.4. The molecular formula is C14H23N3O3S. The number of β-amino-alcohol motifs (C(OH)–C–C–N with tert-alkyl or cyclic N) is 1. The molecule has 118 valence electrons. The molecule has 0 bridgehead atoms. The van der Waals surface area contributed by atoms with E-state index in [4.69, 9.17) is 10.5 Å². The number of hydrogen-bond donors (Lipinski definition) is 3. The van der Waals surface area contributed by atoms with E-state index in [9.17, 15) is 9.90 Å². The van der Waals surface area contributed by atoms with Crippen LogP contribution in [0.25, 0.3) is 0 Å². The average Bonchev–Trinajstić information content (AvgIpc) is 2.81. The normalized spacial score (nSPS) is 18.6. The summed E-state index contributed by atoms with van der Waals surface area (Å²) in [4.78, 5) is 14.7. The van der Waals surface area contributed by atoms with Crippen molar-refractivity contribution >= 4 is 27.9 Å². The molecule has 1 amide bonds. The number of methoxy groups -OCH3 is 1. The first-order chi connectivity index (χ1) is 10.1. The molecule has 21 heavy (non-hydrogen) atoms. The number of rotatable bonds is 5. The number of anilines is 2. The largest absolute Gasteiger partial charge is 0.492 e. The van der Waals surface area contributed by atoms with Gasteiger partial charge >= 0.3 is 0 Å². The van der Waals surface area contributed by atoms with Gasteiger partial charge in [0.1, 0.15) is 15.6 Å². The van der Waals surface area contributed by atoms with Gasteiger partial charge in [-0.2, -0.15) is 0 Å². The number of nitrogens with two attached hydrogens (primary N) is 1. The molecule has 1 aromatic heterocycles. The molecule has 1 saturated heterocycles. The molecular weight excluding hydrogens is 290 g/mol. The number of nitrogens with zero attached hydrogens (tertiary/aromatic N) is 1. The lowest BCUT2D eigenvalue weighted by atomic mass is 10.1. The number of hydrogen-bond acceptors (Lipinski definition) is 6. The Morgan fingerprint density at radius 2 is 2.38 bits per heavy atom. The number of aliphatic hydroxyl groups is 1. The SMILES string of the molecule is CCCNC(=O)c1sc(N2CCCC(O)C2)c(OC)c1N. The summed E-state index contributed by atoms with van der Waals surface area (Å²) in [6, 6.07) is 0. The molecule has 6 nitrogen and oxygen atoms in total. The van der Waals surface area contributed by atoms with Crippen molar-refractivity contribution in [1.82, 2.24) is 5.32 Å². The number of aliphatic hydroxyl groups excluding tert-OH is 1. The number of carbonyl (C=O) groups is 1. The standard InChI is InChI=1S/C14H23N3O3S/c1-3-6-16-13(19)12-10(15)11(20-2)14(21-12)17-7-4-5-9(18)8-17/h9,18H,3-8,15H2,1-2H3,(H,16,19). The fourth-order valence-electron chi connectivity index (χ4n) is 2.45. The van der Waals surface area contributed by atoms with Crippen molar-refractivity contribution in [3.8, 4) is 5.75 Å². The van der Waals surface area contributed by atoms with E-state index < -0.39 is 0 Å². The van der Waals surface area contributed by atoms with E-state index in [1.807, 2.05) is 11.8 Å². The van der Waals surface area contributed by atoms with E-state index in [1.165, 1.54) is 11.3 Å². The van der Waals surface area contributed by atoms with Gasteiger partial charge < -0.3 is 25.8 Å². The van der Waals surface area contributed by atoms with Crippen LogP contribution in [0, 0.1) is 0 Å². The van der Waals surface area contributed by atoms with Crippen LogP contribution >= 0.6 is 11.3 Å². The predicted octanol–water partition coefficient (Wildman–Crippen LogP) is 1.44. The third-order valence-electron chi connectivity index (χ3n) is 3.51. The first kappa shape index (κ1) is 15.9. The minimum atomic E-state index is -0.343. The molecule has 0 aliphatic carbocycles. The van der Waals surface area contributed by atoms with Crippen LogP contribution in [0.1, 0.15) is 35.9 Å². The van der Waals surface area contributed by atoms with Crippen LogP contribution in [0.4, 0.5) is 10.7 Å². The maximum Gasteiger partial charge on any atom is 0.263 e. The minimum Gasteiger partial charge on any atom is -0.492 e. The molecule has 1 aliphatic rings. The monoisotopic (exact) mass is 313 g/mol. The van der Waals surface area contributed by atoms with Crippen LogP contribution in [0.2, 0.25) is 0 Å². The highest BCUT2D eigenvalue weighted by Crippen LogP contribution is 2.45. The van der Waals surface area contributed by atoms with Gasteiger partial charge in [-0.15, -0.1) is 11.3 Å². The zero-order valence-corrected chi connectivity index (χ0v) is 13.3.